The van der Waals surface area contributed by atoms with Crippen LogP contribution < -0.4 is 5.32 Å². The smallest absolute Gasteiger partial charge is 0.278 e. The molecule has 112 valence electrons. The maximum Gasteiger partial charge on any atom is 0.278 e. The zero-order valence-electron chi connectivity index (χ0n) is 10.9. The Morgan fingerprint density at radius 1 is 1.23 bits per heavy atom. The molecule has 1 amide bonds. The first-order valence-corrected chi connectivity index (χ1v) is 8.64. The van der Waals surface area contributed by atoms with Crippen LogP contribution in [-0.4, -0.2) is 25.7 Å². The van der Waals surface area contributed by atoms with Gasteiger partial charge in [0.25, 0.3) is 5.91 Å². The van der Waals surface area contributed by atoms with E-state index in [2.05, 4.69) is 25.1 Å². The number of anilines is 1. The van der Waals surface area contributed by atoms with Crippen molar-refractivity contribution in [1.82, 2.24) is 19.8 Å². The van der Waals surface area contributed by atoms with Crippen LogP contribution in [0.15, 0.2) is 34.0 Å². The highest BCUT2D eigenvalue weighted by molar-refractivity contribution is 8.00. The third-order valence-corrected chi connectivity index (χ3v) is 5.04. The monoisotopic (exact) mass is 353 g/mol. The molecule has 3 aromatic rings. The van der Waals surface area contributed by atoms with Crippen LogP contribution in [0.1, 0.15) is 16.1 Å². The first-order chi connectivity index (χ1) is 10.7. The van der Waals surface area contributed by atoms with Gasteiger partial charge in [0.1, 0.15) is 5.82 Å². The molecule has 6 nitrogen and oxygen atoms in total. The molecule has 0 fully saturated rings. The van der Waals surface area contributed by atoms with Gasteiger partial charge in [0, 0.05) is 11.1 Å². The summed E-state index contributed by atoms with van der Waals surface area (Å²) in [5, 5.41) is 16.2. The molecule has 0 aliphatic heterocycles. The van der Waals surface area contributed by atoms with Crippen molar-refractivity contribution >= 4 is 45.7 Å². The van der Waals surface area contributed by atoms with Crippen LogP contribution in [0.25, 0.3) is 0 Å². The third-order valence-electron chi connectivity index (χ3n) is 2.50. The van der Waals surface area contributed by atoms with Crippen LogP contribution in [-0.2, 0) is 5.75 Å². The summed E-state index contributed by atoms with van der Waals surface area (Å²) in [6.07, 6.45) is 0. The molecule has 1 N–H and O–H groups in total. The highest BCUT2D eigenvalue weighted by atomic mass is 32.2. The molecular formula is C12H8FN5OS3. The molecule has 2 aromatic heterocycles. The van der Waals surface area contributed by atoms with Crippen LogP contribution >= 0.6 is 34.6 Å². The topological polar surface area (TPSA) is 80.7 Å². The number of hydrogen-bond donors (Lipinski definition) is 1. The van der Waals surface area contributed by atoms with Crippen molar-refractivity contribution in [2.45, 2.75) is 10.1 Å². The molecule has 0 unspecified atom stereocenters. The van der Waals surface area contributed by atoms with Gasteiger partial charge >= 0.3 is 0 Å². The lowest BCUT2D eigenvalue weighted by Gasteiger charge is -1.98. The maximum absolute atomic E-state index is 12.8. The van der Waals surface area contributed by atoms with Crippen molar-refractivity contribution in [3.05, 3.63) is 46.7 Å². The minimum Gasteiger partial charge on any atom is -0.295 e. The van der Waals surface area contributed by atoms with Gasteiger partial charge in [0.15, 0.2) is 10.0 Å². The highest BCUT2D eigenvalue weighted by Gasteiger charge is 2.12. The standard InChI is InChI=1S/C12H8FN5OS3/c13-8-3-1-7(2-4-8)5-20-12-17-16-11(22-12)14-10(19)9-6-21-18-15-9/h1-4,6H,5H2,(H,14,16,19). The zero-order valence-corrected chi connectivity index (χ0v) is 13.3. The number of halogens is 1. The van der Waals surface area contributed by atoms with Crippen LogP contribution in [0.5, 0.6) is 0 Å². The summed E-state index contributed by atoms with van der Waals surface area (Å²) in [5.74, 6) is 0.0324. The number of carbonyl (C=O) groups excluding carboxylic acids is 1. The number of carbonyl (C=O) groups is 1. The Kier molecular flexibility index (Phi) is 4.71. The van der Waals surface area contributed by atoms with Crippen molar-refractivity contribution in [1.29, 1.82) is 0 Å². The number of amides is 1. The van der Waals surface area contributed by atoms with E-state index in [1.807, 2.05) is 0 Å². The Balaban J connectivity index is 1.57. The Hall–Kier alpha value is -1.91. The van der Waals surface area contributed by atoms with E-state index in [4.69, 9.17) is 0 Å². The average molecular weight is 353 g/mol. The first kappa shape index (κ1) is 15.0. The van der Waals surface area contributed by atoms with Crippen molar-refractivity contribution < 1.29 is 9.18 Å². The van der Waals surface area contributed by atoms with Crippen LogP contribution in [0.3, 0.4) is 0 Å². The summed E-state index contributed by atoms with van der Waals surface area (Å²) < 4.78 is 17.2. The van der Waals surface area contributed by atoms with Crippen LogP contribution in [0.2, 0.25) is 0 Å². The summed E-state index contributed by atoms with van der Waals surface area (Å²) >= 11 is 3.85. The molecule has 0 saturated carbocycles. The van der Waals surface area contributed by atoms with Crippen molar-refractivity contribution in [3.63, 3.8) is 0 Å². The molecule has 2 heterocycles. The fraction of sp³-hybridized carbons (Fsp3) is 0.0833. The number of benzene rings is 1. The number of aromatic nitrogens is 4. The van der Waals surface area contributed by atoms with Crippen molar-refractivity contribution in [3.8, 4) is 0 Å². The second-order valence-electron chi connectivity index (χ2n) is 4.03. The fourth-order valence-electron chi connectivity index (χ4n) is 1.47. The van der Waals surface area contributed by atoms with E-state index in [1.165, 1.54) is 35.2 Å². The molecule has 0 atom stereocenters. The largest absolute Gasteiger partial charge is 0.295 e. The number of thioether (sulfide) groups is 1. The summed E-state index contributed by atoms with van der Waals surface area (Å²) in [4.78, 5) is 11.8. The second kappa shape index (κ2) is 6.90. The van der Waals surface area contributed by atoms with Gasteiger partial charge in [0.2, 0.25) is 5.13 Å². The van der Waals surface area contributed by atoms with Gasteiger partial charge in [-0.25, -0.2) is 4.39 Å². The van der Waals surface area contributed by atoms with E-state index in [1.54, 1.807) is 17.5 Å². The normalized spacial score (nSPS) is 10.6. The van der Waals surface area contributed by atoms with E-state index in [9.17, 15) is 9.18 Å². The van der Waals surface area contributed by atoms with Crippen molar-refractivity contribution in [2.24, 2.45) is 0 Å². The lowest BCUT2D eigenvalue weighted by Crippen LogP contribution is -2.12. The summed E-state index contributed by atoms with van der Waals surface area (Å²) in [7, 11) is 0. The molecule has 1 aromatic carbocycles. The van der Waals surface area contributed by atoms with Gasteiger partial charge in [0.05, 0.1) is 0 Å². The first-order valence-electron chi connectivity index (χ1n) is 6.00. The lowest BCUT2D eigenvalue weighted by atomic mass is 10.2. The Morgan fingerprint density at radius 3 is 2.77 bits per heavy atom. The Bertz CT molecular complexity index is 759. The lowest BCUT2D eigenvalue weighted by molar-refractivity contribution is 0.102. The second-order valence-corrected chi connectivity index (χ2v) is 6.84. The van der Waals surface area contributed by atoms with Crippen LogP contribution in [0.4, 0.5) is 9.52 Å². The molecule has 10 heteroatoms. The molecule has 0 saturated heterocycles. The van der Waals surface area contributed by atoms with Gasteiger partial charge in [-0.15, -0.1) is 15.3 Å². The number of nitrogens with zero attached hydrogens (tertiary/aromatic N) is 4. The van der Waals surface area contributed by atoms with E-state index in [0.717, 1.165) is 21.4 Å². The van der Waals surface area contributed by atoms with E-state index < -0.39 is 0 Å². The number of rotatable bonds is 5. The molecule has 0 bridgehead atoms. The molecule has 0 spiro atoms. The summed E-state index contributed by atoms with van der Waals surface area (Å²) in [5.41, 5.74) is 1.24. The quantitative estimate of drug-likeness (QED) is 0.561. The molecule has 0 aliphatic rings. The van der Waals surface area contributed by atoms with Crippen molar-refractivity contribution in [2.75, 3.05) is 5.32 Å². The molecular weight excluding hydrogens is 345 g/mol. The van der Waals surface area contributed by atoms with Gasteiger partial charge in [-0.05, 0) is 29.2 Å². The molecule has 3 rings (SSSR count). The van der Waals surface area contributed by atoms with Gasteiger partial charge in [-0.2, -0.15) is 0 Å². The van der Waals surface area contributed by atoms with E-state index >= 15 is 0 Å². The molecule has 0 radical (unpaired) electrons. The van der Waals surface area contributed by atoms with Gasteiger partial charge < -0.3 is 0 Å². The Labute approximate surface area is 137 Å². The minimum atomic E-state index is -0.361. The zero-order chi connectivity index (χ0) is 15.4. The number of hydrogen-bond acceptors (Lipinski definition) is 8. The van der Waals surface area contributed by atoms with Crippen LogP contribution in [0, 0.1) is 5.82 Å². The van der Waals surface area contributed by atoms with Gasteiger partial charge in [-0.3, -0.25) is 10.1 Å². The maximum atomic E-state index is 12.8. The minimum absolute atomic E-state index is 0.251. The molecule has 22 heavy (non-hydrogen) atoms. The predicted molar refractivity (Wildman–Crippen MR) is 83.7 cm³/mol. The highest BCUT2D eigenvalue weighted by Crippen LogP contribution is 2.28. The van der Waals surface area contributed by atoms with Gasteiger partial charge in [-0.1, -0.05) is 39.7 Å². The van der Waals surface area contributed by atoms with E-state index in [0.29, 0.717) is 10.9 Å². The number of nitrogens with one attached hydrogen (secondary N) is 1. The third kappa shape index (κ3) is 3.84. The predicted octanol–water partition coefficient (Wildman–Crippen LogP) is 3.07. The molecule has 0 aliphatic carbocycles. The fourth-order valence-corrected chi connectivity index (χ4v) is 3.61. The summed E-state index contributed by atoms with van der Waals surface area (Å²) in [6, 6.07) is 6.29. The average Bonchev–Trinajstić information content (AvgIpc) is 3.18. The van der Waals surface area contributed by atoms with E-state index in [-0.39, 0.29) is 17.4 Å². The Morgan fingerprint density at radius 2 is 2.05 bits per heavy atom. The summed E-state index contributed by atoms with van der Waals surface area (Å²) in [6.45, 7) is 0. The SMILES string of the molecule is O=C(Nc1nnc(SCc2ccc(F)cc2)s1)c1csnn1.